The number of hydrogen-bond donors (Lipinski definition) is 1. The fourth-order valence-corrected chi connectivity index (χ4v) is 5.30. The van der Waals surface area contributed by atoms with E-state index in [2.05, 4.69) is 17.2 Å². The summed E-state index contributed by atoms with van der Waals surface area (Å²) in [5.74, 6) is 0.0578. The zero-order valence-corrected chi connectivity index (χ0v) is 17.8. The van der Waals surface area contributed by atoms with E-state index in [1.54, 1.807) is 6.92 Å². The Balaban J connectivity index is 1.58. The number of rotatable bonds is 5. The van der Waals surface area contributed by atoms with Crippen molar-refractivity contribution >= 4 is 33.9 Å². The molecule has 0 saturated carbocycles. The number of thiophene rings is 1. The monoisotopic (exact) mass is 411 g/mol. The molecule has 29 heavy (non-hydrogen) atoms. The number of imidazole rings is 1. The van der Waals surface area contributed by atoms with Crippen LogP contribution in [0, 0.1) is 12.8 Å². The SMILES string of the molecule is CCOC(=O)c1c(NC(=O)Cc2cn3cccc(C)c3n2)sc2c1CCC(C)C2. The third-order valence-corrected chi connectivity index (χ3v) is 6.48. The summed E-state index contributed by atoms with van der Waals surface area (Å²) in [6.45, 7) is 6.32. The van der Waals surface area contributed by atoms with Gasteiger partial charge >= 0.3 is 5.97 Å². The number of ether oxygens (including phenoxy) is 1. The van der Waals surface area contributed by atoms with Gasteiger partial charge in [0.15, 0.2) is 0 Å². The molecular weight excluding hydrogens is 386 g/mol. The number of esters is 1. The van der Waals surface area contributed by atoms with Crippen LogP contribution in [0.5, 0.6) is 0 Å². The van der Waals surface area contributed by atoms with Crippen LogP contribution in [0.4, 0.5) is 5.00 Å². The third-order valence-electron chi connectivity index (χ3n) is 5.31. The Bertz CT molecular complexity index is 1080. The zero-order chi connectivity index (χ0) is 20.5. The number of amides is 1. The predicted octanol–water partition coefficient (Wildman–Crippen LogP) is 4.19. The summed E-state index contributed by atoms with van der Waals surface area (Å²) in [6, 6.07) is 3.95. The Morgan fingerprint density at radius 2 is 2.24 bits per heavy atom. The summed E-state index contributed by atoms with van der Waals surface area (Å²) in [4.78, 5) is 31.1. The minimum Gasteiger partial charge on any atom is -0.462 e. The first kappa shape index (κ1) is 19.6. The fourth-order valence-electron chi connectivity index (χ4n) is 3.88. The number of hydrogen-bond acceptors (Lipinski definition) is 5. The van der Waals surface area contributed by atoms with Crippen LogP contribution in [-0.2, 0) is 28.8 Å². The molecule has 4 rings (SSSR count). The predicted molar refractivity (Wildman–Crippen MR) is 114 cm³/mol. The van der Waals surface area contributed by atoms with Crippen LogP contribution >= 0.6 is 11.3 Å². The molecule has 1 aliphatic carbocycles. The van der Waals surface area contributed by atoms with Crippen LogP contribution in [0.25, 0.3) is 5.65 Å². The van der Waals surface area contributed by atoms with Gasteiger partial charge in [0, 0.05) is 17.3 Å². The molecular formula is C22H25N3O3S. The average molecular weight is 412 g/mol. The summed E-state index contributed by atoms with van der Waals surface area (Å²) in [5.41, 5.74) is 4.19. The van der Waals surface area contributed by atoms with Crippen molar-refractivity contribution in [2.24, 2.45) is 5.92 Å². The van der Waals surface area contributed by atoms with Gasteiger partial charge in [0.25, 0.3) is 0 Å². The number of anilines is 1. The maximum atomic E-state index is 12.7. The lowest BCUT2D eigenvalue weighted by Gasteiger charge is -2.18. The van der Waals surface area contributed by atoms with Crippen LogP contribution < -0.4 is 5.32 Å². The molecule has 1 amide bonds. The van der Waals surface area contributed by atoms with Gasteiger partial charge in [-0.25, -0.2) is 9.78 Å². The van der Waals surface area contributed by atoms with Crippen molar-refractivity contribution in [2.75, 3.05) is 11.9 Å². The van der Waals surface area contributed by atoms with Crippen LogP contribution in [0.3, 0.4) is 0 Å². The summed E-state index contributed by atoms with van der Waals surface area (Å²) in [6.07, 6.45) is 6.78. The molecule has 3 aromatic heterocycles. The molecule has 1 unspecified atom stereocenters. The normalized spacial score (nSPS) is 15.9. The van der Waals surface area contributed by atoms with Gasteiger partial charge in [-0.1, -0.05) is 13.0 Å². The van der Waals surface area contributed by atoms with Gasteiger partial charge in [0.05, 0.1) is 24.3 Å². The van der Waals surface area contributed by atoms with Crippen molar-refractivity contribution in [1.82, 2.24) is 9.38 Å². The molecule has 0 saturated heterocycles. The number of carbonyl (C=O) groups excluding carboxylic acids is 2. The molecule has 1 atom stereocenters. The summed E-state index contributed by atoms with van der Waals surface area (Å²) in [5, 5.41) is 3.56. The van der Waals surface area contributed by atoms with Crippen molar-refractivity contribution in [3.05, 3.63) is 51.8 Å². The van der Waals surface area contributed by atoms with Crippen molar-refractivity contribution in [2.45, 2.75) is 46.5 Å². The highest BCUT2D eigenvalue weighted by Gasteiger charge is 2.29. The van der Waals surface area contributed by atoms with E-state index >= 15 is 0 Å². The standard InChI is InChI=1S/C22H25N3O3S/c1-4-28-22(27)19-16-8-7-13(2)10-17(16)29-21(19)24-18(26)11-15-12-25-9-5-6-14(3)20(25)23-15/h5-6,9,12-13H,4,7-8,10-11H2,1-3H3,(H,24,26). The molecule has 1 N–H and O–H groups in total. The molecule has 152 valence electrons. The largest absolute Gasteiger partial charge is 0.462 e. The van der Waals surface area contributed by atoms with Gasteiger partial charge in [-0.05, 0) is 56.2 Å². The van der Waals surface area contributed by atoms with Crippen LogP contribution in [0.1, 0.15) is 52.3 Å². The van der Waals surface area contributed by atoms with E-state index in [1.807, 2.05) is 35.9 Å². The molecule has 0 bridgehead atoms. The fraction of sp³-hybridized carbons (Fsp3) is 0.409. The molecule has 0 radical (unpaired) electrons. The summed E-state index contributed by atoms with van der Waals surface area (Å²) in [7, 11) is 0. The number of aromatic nitrogens is 2. The van der Waals surface area contributed by atoms with E-state index in [4.69, 9.17) is 4.74 Å². The van der Waals surface area contributed by atoms with Crippen molar-refractivity contribution in [3.63, 3.8) is 0 Å². The van der Waals surface area contributed by atoms with Crippen LogP contribution in [-0.4, -0.2) is 27.9 Å². The second-order valence-electron chi connectivity index (χ2n) is 7.66. The Kier molecular flexibility index (Phi) is 5.41. The lowest BCUT2D eigenvalue weighted by molar-refractivity contribution is -0.115. The van der Waals surface area contributed by atoms with E-state index in [0.29, 0.717) is 28.8 Å². The number of aryl methyl sites for hydroxylation is 1. The van der Waals surface area contributed by atoms with Crippen LogP contribution in [0.2, 0.25) is 0 Å². The molecule has 3 aromatic rings. The lowest BCUT2D eigenvalue weighted by atomic mass is 9.88. The van der Waals surface area contributed by atoms with Gasteiger partial charge < -0.3 is 14.5 Å². The third kappa shape index (κ3) is 3.92. The Hall–Kier alpha value is -2.67. The maximum absolute atomic E-state index is 12.7. The highest BCUT2D eigenvalue weighted by atomic mass is 32.1. The molecule has 6 nitrogen and oxygen atoms in total. The number of nitrogens with zero attached hydrogens (tertiary/aromatic N) is 2. The number of pyridine rings is 1. The van der Waals surface area contributed by atoms with Gasteiger partial charge in [-0.15, -0.1) is 11.3 Å². The van der Waals surface area contributed by atoms with Crippen molar-refractivity contribution < 1.29 is 14.3 Å². The van der Waals surface area contributed by atoms with E-state index in [9.17, 15) is 9.59 Å². The lowest BCUT2D eigenvalue weighted by Crippen LogP contribution is -2.18. The Morgan fingerprint density at radius 3 is 3.00 bits per heavy atom. The van der Waals surface area contributed by atoms with E-state index in [1.165, 1.54) is 16.2 Å². The highest BCUT2D eigenvalue weighted by Crippen LogP contribution is 2.40. The summed E-state index contributed by atoms with van der Waals surface area (Å²) < 4.78 is 7.20. The quantitative estimate of drug-likeness (QED) is 0.639. The minimum absolute atomic E-state index is 0.155. The number of fused-ring (bicyclic) bond motifs is 2. The van der Waals surface area contributed by atoms with Gasteiger partial charge in [0.1, 0.15) is 10.6 Å². The smallest absolute Gasteiger partial charge is 0.341 e. The molecule has 0 fully saturated rings. The second-order valence-corrected chi connectivity index (χ2v) is 8.76. The first-order chi connectivity index (χ1) is 14.0. The maximum Gasteiger partial charge on any atom is 0.341 e. The number of nitrogens with one attached hydrogen (secondary N) is 1. The molecule has 0 aliphatic heterocycles. The van der Waals surface area contributed by atoms with E-state index < -0.39 is 0 Å². The average Bonchev–Trinajstić information content (AvgIpc) is 3.22. The van der Waals surface area contributed by atoms with E-state index in [0.717, 1.165) is 36.0 Å². The second kappa shape index (κ2) is 7.99. The first-order valence-corrected chi connectivity index (χ1v) is 10.8. The molecule has 0 aromatic carbocycles. The van der Waals surface area contributed by atoms with Gasteiger partial charge in [0.2, 0.25) is 5.91 Å². The molecule has 7 heteroatoms. The minimum atomic E-state index is -0.349. The Labute approximate surface area is 173 Å². The molecule has 0 spiro atoms. The van der Waals surface area contributed by atoms with Crippen LogP contribution in [0.15, 0.2) is 24.5 Å². The first-order valence-electron chi connectivity index (χ1n) is 10.0. The van der Waals surface area contributed by atoms with Crippen molar-refractivity contribution in [3.8, 4) is 0 Å². The van der Waals surface area contributed by atoms with E-state index in [-0.39, 0.29) is 18.3 Å². The number of carbonyl (C=O) groups is 2. The van der Waals surface area contributed by atoms with Crippen molar-refractivity contribution in [1.29, 1.82) is 0 Å². The summed E-state index contributed by atoms with van der Waals surface area (Å²) >= 11 is 1.51. The zero-order valence-electron chi connectivity index (χ0n) is 16.9. The Morgan fingerprint density at radius 1 is 1.41 bits per heavy atom. The molecule has 1 aliphatic rings. The van der Waals surface area contributed by atoms with Gasteiger partial charge in [-0.2, -0.15) is 0 Å². The molecule has 3 heterocycles. The van der Waals surface area contributed by atoms with Gasteiger partial charge in [-0.3, -0.25) is 4.79 Å². The highest BCUT2D eigenvalue weighted by molar-refractivity contribution is 7.17. The topological polar surface area (TPSA) is 72.7 Å².